The van der Waals surface area contributed by atoms with E-state index >= 15 is 0 Å². The van der Waals surface area contributed by atoms with E-state index in [-0.39, 0.29) is 39.9 Å². The summed E-state index contributed by atoms with van der Waals surface area (Å²) in [6.45, 7) is 0.164. The molecular weight excluding hydrogens is 688 g/mol. The Bertz CT molecular complexity index is 1850. The van der Waals surface area contributed by atoms with E-state index in [0.717, 1.165) is 23.5 Å². The number of anilines is 1. The lowest BCUT2D eigenvalue weighted by atomic mass is 9.92. The molecule has 2 aromatic rings. The minimum absolute atomic E-state index is 0.0480. The molecule has 3 fully saturated rings. The van der Waals surface area contributed by atoms with Gasteiger partial charge in [0, 0.05) is 37.7 Å². The number of benzene rings is 1. The van der Waals surface area contributed by atoms with E-state index in [0.29, 0.717) is 18.0 Å². The Kier molecular flexibility index (Phi) is 8.44. The van der Waals surface area contributed by atoms with Crippen molar-refractivity contribution in [3.63, 3.8) is 0 Å². The maximum absolute atomic E-state index is 13.6. The van der Waals surface area contributed by atoms with Crippen molar-refractivity contribution < 1.29 is 68.4 Å². The first-order valence-corrected chi connectivity index (χ1v) is 15.8. The second-order valence-electron chi connectivity index (χ2n) is 12.1. The molecule has 1 unspecified atom stereocenters. The molecule has 1 aromatic heterocycles. The van der Waals surface area contributed by atoms with E-state index in [4.69, 9.17) is 20.1 Å². The van der Waals surface area contributed by atoms with Crippen LogP contribution in [0.5, 0.6) is 11.5 Å². The van der Waals surface area contributed by atoms with Gasteiger partial charge >= 0.3 is 23.6 Å². The smallest absolute Gasteiger partial charge is 0.372 e. The number of thiazole rings is 1. The van der Waals surface area contributed by atoms with Crippen molar-refractivity contribution in [3.8, 4) is 11.5 Å². The van der Waals surface area contributed by atoms with Crippen LogP contribution < -0.4 is 5.73 Å². The summed E-state index contributed by atoms with van der Waals surface area (Å²) in [5.41, 5.74) is -0.138. The first-order chi connectivity index (χ1) is 23.6. The van der Waals surface area contributed by atoms with Gasteiger partial charge in [-0.1, -0.05) is 5.16 Å². The summed E-state index contributed by atoms with van der Waals surface area (Å²) < 4.78 is 5.14. The fourth-order valence-corrected chi connectivity index (χ4v) is 6.58. The topological polar surface area (TPSA) is 289 Å². The van der Waals surface area contributed by atoms with E-state index in [1.165, 1.54) is 5.38 Å². The summed E-state index contributed by atoms with van der Waals surface area (Å²) in [5, 5.41) is 45.3. The number of phenolic OH excluding ortho intramolecular Hbond substituents is 2. The molecule has 3 amide bonds. The Morgan fingerprint density at radius 2 is 1.68 bits per heavy atom. The number of nitrogen functional groups attached to an aromatic ring is 1. The van der Waals surface area contributed by atoms with Gasteiger partial charge in [0.25, 0.3) is 17.7 Å². The number of oxime groups is 1. The lowest BCUT2D eigenvalue weighted by Gasteiger charge is -2.35. The number of phenols is 2. The number of carbonyl (C=O) groups is 7. The number of fused-ring (bicyclic) bond motifs is 1. The molecule has 6 rings (SSSR count). The number of carboxylic acid groups (broad SMARTS) is 2. The van der Waals surface area contributed by atoms with Gasteiger partial charge in [0.15, 0.2) is 28.1 Å². The number of aromatic hydroxyl groups is 2. The highest BCUT2D eigenvalue weighted by Crippen LogP contribution is 2.41. The zero-order valence-corrected chi connectivity index (χ0v) is 26.7. The number of ether oxygens (including phenoxy) is 1. The number of nitrogens with two attached hydrogens (primary N) is 1. The Morgan fingerprint density at radius 3 is 2.22 bits per heavy atom. The number of esters is 1. The van der Waals surface area contributed by atoms with Crippen LogP contribution in [-0.2, 0) is 38.4 Å². The number of ketones is 1. The van der Waals surface area contributed by atoms with Crippen LogP contribution in [0.1, 0.15) is 52.1 Å². The van der Waals surface area contributed by atoms with Gasteiger partial charge in [0.2, 0.25) is 5.60 Å². The van der Waals surface area contributed by atoms with Gasteiger partial charge in [-0.05, 0) is 19.2 Å². The van der Waals surface area contributed by atoms with E-state index in [1.807, 2.05) is 4.90 Å². The highest BCUT2D eigenvalue weighted by atomic mass is 32.1. The number of hydrogen-bond acceptors (Lipinski definition) is 17. The van der Waals surface area contributed by atoms with Crippen molar-refractivity contribution in [2.45, 2.75) is 43.1 Å². The predicted octanol–water partition coefficient (Wildman–Crippen LogP) is -0.852. The monoisotopic (exact) mass is 716 g/mol. The van der Waals surface area contributed by atoms with Crippen LogP contribution in [0, 0.1) is 5.92 Å². The third-order valence-electron chi connectivity index (χ3n) is 8.91. The Labute approximate surface area is 284 Å². The number of likely N-dealkylation sites (tertiary alicyclic amines) is 1. The number of piperidine rings is 1. The molecule has 6 N–H and O–H groups in total. The number of aliphatic carboxylic acids is 2. The number of amides is 3. The van der Waals surface area contributed by atoms with Crippen LogP contribution in [0.4, 0.5) is 5.13 Å². The van der Waals surface area contributed by atoms with Gasteiger partial charge in [-0.25, -0.2) is 19.4 Å². The van der Waals surface area contributed by atoms with E-state index < -0.39 is 101 Å². The minimum atomic E-state index is -2.87. The van der Waals surface area contributed by atoms with Crippen LogP contribution in [0.15, 0.2) is 22.7 Å². The fraction of sp³-hybridized carbons (Fsp3) is 0.414. The van der Waals surface area contributed by atoms with Crippen molar-refractivity contribution in [2.75, 3.05) is 32.5 Å². The molecule has 0 bridgehead atoms. The quantitative estimate of drug-likeness (QED) is 0.0657. The molecule has 0 radical (unpaired) electrons. The van der Waals surface area contributed by atoms with Gasteiger partial charge in [0.05, 0.1) is 30.1 Å². The summed E-state index contributed by atoms with van der Waals surface area (Å²) in [6, 6.07) is -0.253. The van der Waals surface area contributed by atoms with Gasteiger partial charge in [-0.15, -0.1) is 11.3 Å². The second-order valence-corrected chi connectivity index (χ2v) is 12.9. The predicted molar refractivity (Wildman–Crippen MR) is 162 cm³/mol. The van der Waals surface area contributed by atoms with Crippen molar-refractivity contribution >= 4 is 63.6 Å². The zero-order valence-electron chi connectivity index (χ0n) is 25.9. The molecule has 264 valence electrons. The standard InChI is InChI=1S/C29H28N6O14S/c1-33-4-2-28(3-5-33,25(43)44)49-32-20(15-11-50-27(30)31-15)19(38)6-12-10-47-35(21(12)39)29(26(45)46)9-16(24(42)48-29)34-22(40)13-7-17(36)18(37)8-14(13)23(34)41/h7-8,11-12,16,36-37H,2-6,9-10H2,1H3,(H2,30,31)(H,43,44)(H,45,46)/b32-20-/t12-,16-,29?/m0/s1. The average molecular weight is 717 g/mol. The van der Waals surface area contributed by atoms with Crippen molar-refractivity contribution in [1.29, 1.82) is 0 Å². The molecule has 4 aliphatic rings. The molecule has 50 heavy (non-hydrogen) atoms. The van der Waals surface area contributed by atoms with Gasteiger partial charge in [-0.3, -0.25) is 28.9 Å². The van der Waals surface area contributed by atoms with Crippen LogP contribution in [-0.4, -0.2) is 132 Å². The van der Waals surface area contributed by atoms with Crippen LogP contribution in [0.25, 0.3) is 0 Å². The minimum Gasteiger partial charge on any atom is -0.504 e. The first-order valence-electron chi connectivity index (χ1n) is 14.9. The SMILES string of the molecule is CN1CCC(O/N=C(\C(=O)C[C@H]2CON(C3(C(=O)O)C[C@H](N4C(=O)c5cc(O)c(O)cc5C4=O)C(=O)O3)C2=O)c2csc(N)n2)(C(=O)O)CC1. The molecule has 5 heterocycles. The summed E-state index contributed by atoms with van der Waals surface area (Å²) in [5.74, 6) is -11.6. The van der Waals surface area contributed by atoms with E-state index in [9.17, 15) is 54.0 Å². The Hall–Kier alpha value is -5.67. The van der Waals surface area contributed by atoms with Crippen molar-refractivity contribution in [1.82, 2.24) is 19.8 Å². The number of cyclic esters (lactones) is 1. The molecular formula is C29H28N6O14S. The number of hydroxylamine groups is 2. The number of aromatic nitrogens is 1. The van der Waals surface area contributed by atoms with Crippen LogP contribution in [0.2, 0.25) is 0 Å². The third kappa shape index (κ3) is 5.53. The van der Waals surface area contributed by atoms with Gasteiger partial charge < -0.3 is 40.6 Å². The molecule has 3 saturated heterocycles. The van der Waals surface area contributed by atoms with Gasteiger partial charge in [-0.2, -0.15) is 5.06 Å². The normalized spacial score (nSPS) is 25.2. The number of carbonyl (C=O) groups excluding carboxylic acids is 5. The summed E-state index contributed by atoms with van der Waals surface area (Å²) in [7, 11) is 1.80. The maximum atomic E-state index is 13.6. The number of carboxylic acids is 2. The van der Waals surface area contributed by atoms with Crippen molar-refractivity contribution in [2.24, 2.45) is 11.1 Å². The molecule has 0 spiro atoms. The summed E-state index contributed by atoms with van der Waals surface area (Å²) >= 11 is 0.954. The molecule has 1 aromatic carbocycles. The van der Waals surface area contributed by atoms with Crippen LogP contribution in [0.3, 0.4) is 0 Å². The maximum Gasteiger partial charge on any atom is 0.372 e. The van der Waals surface area contributed by atoms with Gasteiger partial charge in [0.1, 0.15) is 11.7 Å². The summed E-state index contributed by atoms with van der Waals surface area (Å²) in [6.07, 6.45) is -1.54. The number of rotatable bonds is 10. The van der Waals surface area contributed by atoms with E-state index in [2.05, 4.69) is 10.1 Å². The highest BCUT2D eigenvalue weighted by Gasteiger charge is 2.65. The lowest BCUT2D eigenvalue weighted by molar-refractivity contribution is -0.256. The fourth-order valence-electron chi connectivity index (χ4n) is 6.03. The van der Waals surface area contributed by atoms with Crippen LogP contribution >= 0.6 is 11.3 Å². The molecule has 3 atom stereocenters. The average Bonchev–Trinajstić information content (AvgIpc) is 3.80. The molecule has 0 saturated carbocycles. The summed E-state index contributed by atoms with van der Waals surface area (Å²) in [4.78, 5) is 108. The molecule has 0 aliphatic carbocycles. The lowest BCUT2D eigenvalue weighted by Crippen LogP contribution is -2.56. The molecule has 21 heteroatoms. The Balaban J connectivity index is 1.22. The molecule has 20 nitrogen and oxygen atoms in total. The largest absolute Gasteiger partial charge is 0.504 e. The highest BCUT2D eigenvalue weighted by molar-refractivity contribution is 7.13. The first kappa shape index (κ1) is 34.2. The number of imide groups is 1. The second kappa shape index (κ2) is 12.3. The Morgan fingerprint density at radius 1 is 1.06 bits per heavy atom. The number of hydrogen-bond donors (Lipinski definition) is 5. The molecule has 4 aliphatic heterocycles. The third-order valence-corrected chi connectivity index (χ3v) is 9.58. The number of Topliss-reactive ketones (excluding diaryl/α,β-unsaturated/α-hetero) is 1. The zero-order chi connectivity index (χ0) is 36.3. The van der Waals surface area contributed by atoms with E-state index in [1.54, 1.807) is 7.05 Å². The van der Waals surface area contributed by atoms with Crippen molar-refractivity contribution in [3.05, 3.63) is 34.3 Å². The number of nitrogens with zero attached hydrogens (tertiary/aromatic N) is 5.